The van der Waals surface area contributed by atoms with Gasteiger partial charge in [0, 0.05) is 25.7 Å². The molecule has 0 unspecified atom stereocenters. The minimum atomic E-state index is 0.448. The average Bonchev–Trinajstić information content (AvgIpc) is 3.35. The van der Waals surface area contributed by atoms with E-state index in [0.717, 1.165) is 25.5 Å². The molecular formula is C20H23N7O. The largest absolute Gasteiger partial charge is 0.461 e. The molecule has 8 nitrogen and oxygen atoms in total. The van der Waals surface area contributed by atoms with Gasteiger partial charge in [-0.15, -0.1) is 5.10 Å². The molecule has 0 amide bonds. The molecule has 0 atom stereocenters. The van der Waals surface area contributed by atoms with Crippen LogP contribution in [0.4, 0.5) is 11.6 Å². The fourth-order valence-corrected chi connectivity index (χ4v) is 2.95. The van der Waals surface area contributed by atoms with Gasteiger partial charge >= 0.3 is 0 Å². The number of furan rings is 1. The number of nitrogens with zero attached hydrogens (tertiary/aromatic N) is 6. The van der Waals surface area contributed by atoms with Crippen LogP contribution in [0.3, 0.4) is 0 Å². The van der Waals surface area contributed by atoms with E-state index in [1.54, 1.807) is 12.3 Å². The zero-order valence-electron chi connectivity index (χ0n) is 16.0. The van der Waals surface area contributed by atoms with Gasteiger partial charge < -0.3 is 20.0 Å². The van der Waals surface area contributed by atoms with Gasteiger partial charge in [0.2, 0.25) is 5.82 Å². The van der Waals surface area contributed by atoms with Gasteiger partial charge in [-0.05, 0) is 31.8 Å². The highest BCUT2D eigenvalue weighted by Gasteiger charge is 2.16. The molecule has 8 heteroatoms. The maximum atomic E-state index is 6.26. The summed E-state index contributed by atoms with van der Waals surface area (Å²) in [6.07, 6.45) is 1.59. The van der Waals surface area contributed by atoms with Crippen molar-refractivity contribution in [2.24, 2.45) is 0 Å². The second kappa shape index (κ2) is 7.69. The highest BCUT2D eigenvalue weighted by Crippen LogP contribution is 2.22. The van der Waals surface area contributed by atoms with Crippen LogP contribution in [-0.2, 0) is 6.54 Å². The van der Waals surface area contributed by atoms with Gasteiger partial charge in [0.15, 0.2) is 5.76 Å². The first-order chi connectivity index (χ1) is 13.6. The van der Waals surface area contributed by atoms with Crippen LogP contribution >= 0.6 is 0 Å². The number of nitrogens with two attached hydrogens (primary N) is 1. The van der Waals surface area contributed by atoms with Crippen LogP contribution < -0.4 is 10.6 Å². The van der Waals surface area contributed by atoms with Gasteiger partial charge in [-0.25, -0.2) is 0 Å². The molecule has 0 aliphatic rings. The summed E-state index contributed by atoms with van der Waals surface area (Å²) < 4.78 is 6.92. The molecule has 0 radical (unpaired) electrons. The van der Waals surface area contributed by atoms with Crippen LogP contribution in [0.5, 0.6) is 0 Å². The molecule has 3 aromatic heterocycles. The molecule has 144 valence electrons. The van der Waals surface area contributed by atoms with E-state index in [1.165, 1.54) is 10.1 Å². The lowest BCUT2D eigenvalue weighted by molar-refractivity contribution is 0.412. The molecule has 0 fully saturated rings. The topological polar surface area (TPSA) is 88.7 Å². The molecule has 4 rings (SSSR count). The number of nitrogen functional groups attached to an aromatic ring is 1. The monoisotopic (exact) mass is 377 g/mol. The summed E-state index contributed by atoms with van der Waals surface area (Å²) in [6, 6.07) is 15.8. The van der Waals surface area contributed by atoms with Gasteiger partial charge in [0.1, 0.15) is 11.6 Å². The number of hydrogen-bond donors (Lipinski definition) is 1. The van der Waals surface area contributed by atoms with E-state index in [1.807, 2.05) is 30.3 Å². The summed E-state index contributed by atoms with van der Waals surface area (Å²) in [5, 5.41) is 4.41. The van der Waals surface area contributed by atoms with Crippen molar-refractivity contribution in [2.45, 2.75) is 6.54 Å². The zero-order chi connectivity index (χ0) is 19.5. The number of likely N-dealkylation sites (N-methyl/N-ethyl adjacent to an activating group) is 1. The fraction of sp³-hybridized carbons (Fsp3) is 0.250. The molecular weight excluding hydrogens is 354 g/mol. The molecule has 0 saturated heterocycles. The fourth-order valence-electron chi connectivity index (χ4n) is 2.95. The van der Waals surface area contributed by atoms with Crippen molar-refractivity contribution in [3.05, 3.63) is 60.4 Å². The predicted octanol–water partition coefficient (Wildman–Crippen LogP) is 2.53. The van der Waals surface area contributed by atoms with Crippen LogP contribution in [0.15, 0.2) is 59.2 Å². The maximum absolute atomic E-state index is 6.26. The Labute approximate surface area is 163 Å². The molecule has 0 bridgehead atoms. The minimum absolute atomic E-state index is 0.448. The quantitative estimate of drug-likeness (QED) is 0.529. The van der Waals surface area contributed by atoms with E-state index in [2.05, 4.69) is 46.1 Å². The first kappa shape index (κ1) is 18.0. The molecule has 4 aromatic rings. The predicted molar refractivity (Wildman–Crippen MR) is 109 cm³/mol. The van der Waals surface area contributed by atoms with Gasteiger partial charge in [-0.3, -0.25) is 0 Å². The number of benzene rings is 1. The van der Waals surface area contributed by atoms with Gasteiger partial charge in [0.05, 0.1) is 6.26 Å². The van der Waals surface area contributed by atoms with Crippen LogP contribution in [0.1, 0.15) is 5.56 Å². The maximum Gasteiger partial charge on any atom is 0.256 e. The van der Waals surface area contributed by atoms with E-state index in [-0.39, 0.29) is 0 Å². The van der Waals surface area contributed by atoms with E-state index in [9.17, 15) is 0 Å². The van der Waals surface area contributed by atoms with Crippen LogP contribution in [0.2, 0.25) is 0 Å². The average molecular weight is 377 g/mol. The van der Waals surface area contributed by atoms with Crippen molar-refractivity contribution in [3.63, 3.8) is 0 Å². The standard InChI is InChI=1S/C20H23N7O/c1-25(2)10-11-26(14-15-7-4-3-5-8-15)18-13-17(21)27-20(22-18)23-19(24-27)16-9-6-12-28-16/h3-9,12-13H,10-11,14,21H2,1-2H3. The second-order valence-corrected chi connectivity index (χ2v) is 6.87. The Bertz CT molecular complexity index is 1040. The lowest BCUT2D eigenvalue weighted by atomic mass is 10.2. The van der Waals surface area contributed by atoms with Gasteiger partial charge in [0.25, 0.3) is 5.78 Å². The van der Waals surface area contributed by atoms with Gasteiger partial charge in [-0.2, -0.15) is 14.5 Å². The summed E-state index contributed by atoms with van der Waals surface area (Å²) >= 11 is 0. The van der Waals surface area contributed by atoms with Crippen molar-refractivity contribution in [1.82, 2.24) is 24.5 Å². The van der Waals surface area contributed by atoms with E-state index >= 15 is 0 Å². The molecule has 0 aliphatic carbocycles. The van der Waals surface area contributed by atoms with Crippen molar-refractivity contribution in [3.8, 4) is 11.6 Å². The lowest BCUT2D eigenvalue weighted by Crippen LogP contribution is -2.32. The molecule has 1 aromatic carbocycles. The van der Waals surface area contributed by atoms with Crippen molar-refractivity contribution < 1.29 is 4.42 Å². The Morgan fingerprint density at radius 2 is 1.86 bits per heavy atom. The van der Waals surface area contributed by atoms with Crippen molar-refractivity contribution >= 4 is 17.4 Å². The van der Waals surface area contributed by atoms with Crippen LogP contribution in [-0.4, -0.2) is 51.7 Å². The third-order valence-corrected chi connectivity index (χ3v) is 4.43. The lowest BCUT2D eigenvalue weighted by Gasteiger charge is -2.25. The summed E-state index contributed by atoms with van der Waals surface area (Å²) in [7, 11) is 4.11. The smallest absolute Gasteiger partial charge is 0.256 e. The summed E-state index contributed by atoms with van der Waals surface area (Å²) in [5.41, 5.74) is 7.47. The summed E-state index contributed by atoms with van der Waals surface area (Å²) in [5.74, 6) is 2.75. The molecule has 0 aliphatic heterocycles. The number of aromatic nitrogens is 4. The number of fused-ring (bicyclic) bond motifs is 1. The van der Waals surface area contributed by atoms with E-state index < -0.39 is 0 Å². The van der Waals surface area contributed by atoms with Gasteiger partial charge in [-0.1, -0.05) is 30.3 Å². The number of anilines is 2. The molecule has 0 saturated carbocycles. The zero-order valence-corrected chi connectivity index (χ0v) is 16.0. The minimum Gasteiger partial charge on any atom is -0.461 e. The third-order valence-electron chi connectivity index (χ3n) is 4.43. The van der Waals surface area contributed by atoms with E-state index in [4.69, 9.17) is 15.1 Å². The Balaban J connectivity index is 1.70. The highest BCUT2D eigenvalue weighted by molar-refractivity contribution is 5.57. The normalized spacial score (nSPS) is 11.4. The summed E-state index contributed by atoms with van der Waals surface area (Å²) in [4.78, 5) is 13.6. The van der Waals surface area contributed by atoms with Crippen molar-refractivity contribution in [2.75, 3.05) is 37.8 Å². The Morgan fingerprint density at radius 3 is 2.57 bits per heavy atom. The van der Waals surface area contributed by atoms with Crippen LogP contribution in [0.25, 0.3) is 17.4 Å². The Hall–Kier alpha value is -3.39. The van der Waals surface area contributed by atoms with E-state index in [0.29, 0.717) is 23.2 Å². The summed E-state index contributed by atoms with van der Waals surface area (Å²) in [6.45, 7) is 2.43. The van der Waals surface area contributed by atoms with Crippen molar-refractivity contribution in [1.29, 1.82) is 0 Å². The molecule has 28 heavy (non-hydrogen) atoms. The molecule has 2 N–H and O–H groups in total. The second-order valence-electron chi connectivity index (χ2n) is 6.87. The number of rotatable bonds is 7. The third kappa shape index (κ3) is 3.81. The first-order valence-electron chi connectivity index (χ1n) is 9.11. The van der Waals surface area contributed by atoms with Crippen LogP contribution in [0, 0.1) is 0 Å². The Morgan fingerprint density at radius 1 is 1.04 bits per heavy atom. The SMILES string of the molecule is CN(C)CCN(Cc1ccccc1)c1cc(N)n2nc(-c3ccco3)nc2n1. The first-order valence-corrected chi connectivity index (χ1v) is 9.11. The Kier molecular flexibility index (Phi) is 4.94. The molecule has 0 spiro atoms. The number of hydrogen-bond acceptors (Lipinski definition) is 7. The molecule has 3 heterocycles. The highest BCUT2D eigenvalue weighted by atomic mass is 16.3.